The van der Waals surface area contributed by atoms with E-state index >= 15 is 0 Å². The molecule has 0 bridgehead atoms. The third-order valence-electron chi connectivity index (χ3n) is 5.77. The molecule has 0 spiro atoms. The van der Waals surface area contributed by atoms with Crippen LogP contribution in [0, 0.1) is 13.8 Å². The second-order valence-corrected chi connectivity index (χ2v) is 8.29. The van der Waals surface area contributed by atoms with E-state index in [4.69, 9.17) is 0 Å². The summed E-state index contributed by atoms with van der Waals surface area (Å²) < 4.78 is 0. The molecule has 32 heavy (non-hydrogen) atoms. The summed E-state index contributed by atoms with van der Waals surface area (Å²) >= 11 is 0. The lowest BCUT2D eigenvalue weighted by molar-refractivity contribution is -0.134. The van der Waals surface area contributed by atoms with E-state index in [-0.39, 0.29) is 18.2 Å². The van der Waals surface area contributed by atoms with Crippen LogP contribution >= 0.6 is 0 Å². The maximum Gasteiger partial charge on any atom is 0.237 e. The van der Waals surface area contributed by atoms with Crippen molar-refractivity contribution in [3.63, 3.8) is 0 Å². The molecule has 3 aromatic rings. The zero-order chi connectivity index (χ0) is 22.5. The highest BCUT2D eigenvalue weighted by atomic mass is 16.2. The van der Waals surface area contributed by atoms with Crippen LogP contribution in [0.4, 0.5) is 0 Å². The average molecular weight is 432 g/mol. The Morgan fingerprint density at radius 1 is 1.12 bits per heavy atom. The number of aryl methyl sites for hydroxylation is 2. The van der Waals surface area contributed by atoms with Gasteiger partial charge in [0, 0.05) is 44.0 Å². The molecule has 4 rings (SSSR count). The second kappa shape index (κ2) is 9.87. The predicted octanol–water partition coefficient (Wildman–Crippen LogP) is 2.30. The lowest BCUT2D eigenvalue weighted by Gasteiger charge is -2.35. The van der Waals surface area contributed by atoms with Gasteiger partial charge in [0.05, 0.1) is 12.5 Å². The van der Waals surface area contributed by atoms with Crippen LogP contribution in [0.2, 0.25) is 0 Å². The Morgan fingerprint density at radius 3 is 2.69 bits per heavy atom. The number of hydrogen-bond donors (Lipinski definition) is 2. The number of aromatic nitrogens is 2. The van der Waals surface area contributed by atoms with E-state index in [1.54, 1.807) is 0 Å². The Balaban J connectivity index is 1.39. The monoisotopic (exact) mass is 431 g/mol. The topological polar surface area (TPSA) is 87.2 Å². The zero-order valence-electron chi connectivity index (χ0n) is 18.6. The van der Waals surface area contributed by atoms with Crippen LogP contribution in [0.3, 0.4) is 0 Å². The van der Waals surface area contributed by atoms with Crippen molar-refractivity contribution < 1.29 is 9.59 Å². The number of nitrogens with one attached hydrogen (secondary N) is 2. The van der Waals surface area contributed by atoms with E-state index < -0.39 is 6.04 Å². The summed E-state index contributed by atoms with van der Waals surface area (Å²) in [6, 6.07) is 15.9. The first-order valence-electron chi connectivity index (χ1n) is 11.1. The highest BCUT2D eigenvalue weighted by molar-refractivity contribution is 5.89. The number of carbonyl (C=O) groups excluding carboxylic acids is 2. The van der Waals surface area contributed by atoms with Crippen LogP contribution in [0.25, 0.3) is 10.8 Å². The zero-order valence-corrected chi connectivity index (χ0v) is 18.6. The lowest BCUT2D eigenvalue weighted by Crippen LogP contribution is -2.56. The molecular formula is C25H29N5O2. The van der Waals surface area contributed by atoms with E-state index in [2.05, 4.69) is 49.8 Å². The first kappa shape index (κ1) is 21.9. The van der Waals surface area contributed by atoms with Gasteiger partial charge in [-0.3, -0.25) is 14.5 Å². The minimum Gasteiger partial charge on any atom is -0.356 e. The lowest BCUT2D eigenvalue weighted by atomic mass is 10.0. The van der Waals surface area contributed by atoms with Crippen molar-refractivity contribution in [2.24, 2.45) is 0 Å². The molecule has 1 atom stereocenters. The number of rotatable bonds is 7. The Kier molecular flexibility index (Phi) is 6.75. The van der Waals surface area contributed by atoms with E-state index in [0.717, 1.165) is 22.8 Å². The van der Waals surface area contributed by atoms with Crippen molar-refractivity contribution in [3.05, 3.63) is 71.3 Å². The summed E-state index contributed by atoms with van der Waals surface area (Å²) in [5.41, 5.74) is 3.00. The van der Waals surface area contributed by atoms with Crippen LogP contribution in [0.15, 0.2) is 48.5 Å². The molecule has 1 aliphatic heterocycles. The van der Waals surface area contributed by atoms with Gasteiger partial charge in [0.2, 0.25) is 11.8 Å². The summed E-state index contributed by atoms with van der Waals surface area (Å²) in [7, 11) is 0. The van der Waals surface area contributed by atoms with E-state index in [0.29, 0.717) is 32.6 Å². The Hall–Kier alpha value is -3.32. The van der Waals surface area contributed by atoms with Gasteiger partial charge in [-0.2, -0.15) is 0 Å². The van der Waals surface area contributed by atoms with Crippen molar-refractivity contribution in [1.82, 2.24) is 25.5 Å². The summed E-state index contributed by atoms with van der Waals surface area (Å²) in [6.45, 7) is 6.24. The molecule has 1 fully saturated rings. The van der Waals surface area contributed by atoms with Crippen LogP contribution in [0.1, 0.15) is 29.2 Å². The van der Waals surface area contributed by atoms with Crippen molar-refractivity contribution in [3.8, 4) is 0 Å². The van der Waals surface area contributed by atoms with Crippen LogP contribution in [-0.2, 0) is 22.6 Å². The highest BCUT2D eigenvalue weighted by Gasteiger charge is 2.31. The maximum atomic E-state index is 12.6. The molecular weight excluding hydrogens is 402 g/mol. The van der Waals surface area contributed by atoms with Gasteiger partial charge in [0.15, 0.2) is 0 Å². The molecule has 2 heterocycles. The molecule has 0 aliphatic carbocycles. The minimum atomic E-state index is -0.486. The molecule has 0 saturated carbocycles. The normalized spacial score (nSPS) is 16.7. The first-order valence-corrected chi connectivity index (χ1v) is 11.1. The van der Waals surface area contributed by atoms with Gasteiger partial charge in [0.1, 0.15) is 5.82 Å². The Morgan fingerprint density at radius 2 is 1.88 bits per heavy atom. The smallest absolute Gasteiger partial charge is 0.237 e. The van der Waals surface area contributed by atoms with Gasteiger partial charge < -0.3 is 10.6 Å². The number of benzene rings is 2. The standard InChI is InChI=1S/C25H29N5O2/c1-17-14-18(2)29-23(28-17)10-11-26-24(31)15-22-25(32)27-12-13-30(22)16-20-8-5-7-19-6-3-4-9-21(19)20/h3-9,14,22H,10-13,15-16H2,1-2H3,(H,26,31)(H,27,32)/t22-/m0/s1. The molecule has 2 aromatic carbocycles. The van der Waals surface area contributed by atoms with Crippen LogP contribution < -0.4 is 10.6 Å². The van der Waals surface area contributed by atoms with E-state index in [1.807, 2.05) is 38.1 Å². The number of carbonyl (C=O) groups is 2. The number of fused-ring (bicyclic) bond motifs is 1. The SMILES string of the molecule is Cc1cc(C)nc(CCNC(=O)C[C@H]2C(=O)NCCN2Cc2cccc3ccccc23)n1. The molecule has 1 aromatic heterocycles. The van der Waals surface area contributed by atoms with E-state index in [1.165, 1.54) is 10.8 Å². The summed E-state index contributed by atoms with van der Waals surface area (Å²) in [5.74, 6) is 0.486. The number of amides is 2. The molecule has 166 valence electrons. The largest absolute Gasteiger partial charge is 0.356 e. The van der Waals surface area contributed by atoms with Crippen molar-refractivity contribution >= 4 is 22.6 Å². The van der Waals surface area contributed by atoms with Gasteiger partial charge in [-0.05, 0) is 36.2 Å². The maximum absolute atomic E-state index is 12.6. The highest BCUT2D eigenvalue weighted by Crippen LogP contribution is 2.22. The summed E-state index contributed by atoms with van der Waals surface area (Å²) in [6.07, 6.45) is 0.690. The fraction of sp³-hybridized carbons (Fsp3) is 0.360. The first-order chi connectivity index (χ1) is 15.5. The molecule has 2 amide bonds. The number of hydrogen-bond acceptors (Lipinski definition) is 5. The van der Waals surface area contributed by atoms with Crippen molar-refractivity contribution in [2.45, 2.75) is 39.3 Å². The van der Waals surface area contributed by atoms with Gasteiger partial charge in [-0.25, -0.2) is 9.97 Å². The summed E-state index contributed by atoms with van der Waals surface area (Å²) in [4.78, 5) is 36.2. The van der Waals surface area contributed by atoms with Gasteiger partial charge >= 0.3 is 0 Å². The predicted molar refractivity (Wildman–Crippen MR) is 124 cm³/mol. The third-order valence-corrected chi connectivity index (χ3v) is 5.77. The van der Waals surface area contributed by atoms with E-state index in [9.17, 15) is 9.59 Å². The van der Waals surface area contributed by atoms with Crippen LogP contribution in [-0.4, -0.2) is 52.4 Å². The Bertz CT molecular complexity index is 1100. The van der Waals surface area contributed by atoms with Crippen molar-refractivity contribution in [1.29, 1.82) is 0 Å². The minimum absolute atomic E-state index is 0.0933. The molecule has 1 saturated heterocycles. The molecule has 7 nitrogen and oxygen atoms in total. The molecule has 0 unspecified atom stereocenters. The van der Waals surface area contributed by atoms with Gasteiger partial charge in [-0.15, -0.1) is 0 Å². The quantitative estimate of drug-likeness (QED) is 0.599. The third kappa shape index (κ3) is 5.29. The second-order valence-electron chi connectivity index (χ2n) is 8.29. The number of nitrogens with zero attached hydrogens (tertiary/aromatic N) is 3. The van der Waals surface area contributed by atoms with Crippen molar-refractivity contribution in [2.75, 3.05) is 19.6 Å². The molecule has 2 N–H and O–H groups in total. The van der Waals surface area contributed by atoms with Gasteiger partial charge in [-0.1, -0.05) is 42.5 Å². The van der Waals surface area contributed by atoms with Gasteiger partial charge in [0.25, 0.3) is 0 Å². The van der Waals surface area contributed by atoms with Crippen LogP contribution in [0.5, 0.6) is 0 Å². The fourth-order valence-corrected chi connectivity index (χ4v) is 4.29. The average Bonchev–Trinajstić information content (AvgIpc) is 2.76. The molecule has 7 heteroatoms. The number of piperazine rings is 1. The molecule has 0 radical (unpaired) electrons. The summed E-state index contributed by atoms with van der Waals surface area (Å²) in [5, 5.41) is 8.18. The molecule has 1 aliphatic rings. The fourth-order valence-electron chi connectivity index (χ4n) is 4.29. The Labute approximate surface area is 188 Å².